The van der Waals surface area contributed by atoms with Crippen LogP contribution >= 0.6 is 0 Å². The zero-order valence-electron chi connectivity index (χ0n) is 14.0. The van der Waals surface area contributed by atoms with E-state index in [1.54, 1.807) is 0 Å². The Morgan fingerprint density at radius 3 is 2.61 bits per heavy atom. The molecule has 3 heterocycles. The number of hydrogen-bond donors (Lipinski definition) is 0. The van der Waals surface area contributed by atoms with Gasteiger partial charge in [0.1, 0.15) is 5.60 Å². The van der Waals surface area contributed by atoms with Gasteiger partial charge < -0.3 is 14.5 Å². The van der Waals surface area contributed by atoms with Gasteiger partial charge in [-0.2, -0.15) is 0 Å². The third-order valence-corrected chi connectivity index (χ3v) is 6.26. The van der Waals surface area contributed by atoms with Crippen molar-refractivity contribution in [2.75, 3.05) is 32.8 Å². The summed E-state index contributed by atoms with van der Waals surface area (Å²) in [5.74, 6) is 1.44. The summed E-state index contributed by atoms with van der Waals surface area (Å²) in [4.78, 5) is 28.2. The number of likely N-dealkylation sites (tertiary alicyclic amines) is 2. The van der Waals surface area contributed by atoms with Crippen molar-refractivity contribution >= 4 is 11.8 Å². The molecule has 1 atom stereocenters. The van der Waals surface area contributed by atoms with Gasteiger partial charge in [-0.1, -0.05) is 6.42 Å². The van der Waals surface area contributed by atoms with Crippen molar-refractivity contribution in [2.24, 2.45) is 11.8 Å². The van der Waals surface area contributed by atoms with Crippen LogP contribution in [0, 0.1) is 11.8 Å². The lowest BCUT2D eigenvalue weighted by Crippen LogP contribution is -2.67. The number of carbonyl (C=O) groups is 2. The molecule has 0 bridgehead atoms. The van der Waals surface area contributed by atoms with E-state index in [4.69, 9.17) is 4.74 Å². The number of hydrogen-bond acceptors (Lipinski definition) is 3. The Bertz CT molecular complexity index is 473. The molecular weight excluding hydrogens is 292 g/mol. The lowest BCUT2D eigenvalue weighted by Gasteiger charge is -2.54. The first-order valence-corrected chi connectivity index (χ1v) is 9.36. The molecule has 23 heavy (non-hydrogen) atoms. The van der Waals surface area contributed by atoms with Crippen LogP contribution in [0.25, 0.3) is 0 Å². The third kappa shape index (κ3) is 3.00. The van der Waals surface area contributed by atoms with Crippen LogP contribution in [0.2, 0.25) is 0 Å². The zero-order valence-corrected chi connectivity index (χ0v) is 14.0. The van der Waals surface area contributed by atoms with Crippen LogP contribution in [0.15, 0.2) is 0 Å². The molecule has 1 spiro atoms. The molecule has 0 N–H and O–H groups in total. The highest BCUT2D eigenvalue weighted by atomic mass is 16.5. The van der Waals surface area contributed by atoms with Crippen molar-refractivity contribution in [3.8, 4) is 0 Å². The van der Waals surface area contributed by atoms with Gasteiger partial charge in [0, 0.05) is 31.3 Å². The van der Waals surface area contributed by atoms with Gasteiger partial charge in [0.15, 0.2) is 0 Å². The van der Waals surface area contributed by atoms with E-state index in [-0.39, 0.29) is 5.60 Å². The summed E-state index contributed by atoms with van der Waals surface area (Å²) < 4.78 is 6.17. The molecule has 128 valence electrons. The van der Waals surface area contributed by atoms with Crippen LogP contribution in [-0.2, 0) is 14.3 Å². The Balaban J connectivity index is 1.22. The van der Waals surface area contributed by atoms with Crippen LogP contribution in [0.5, 0.6) is 0 Å². The molecule has 5 nitrogen and oxygen atoms in total. The van der Waals surface area contributed by atoms with E-state index >= 15 is 0 Å². The third-order valence-electron chi connectivity index (χ3n) is 6.26. The van der Waals surface area contributed by atoms with Crippen molar-refractivity contribution < 1.29 is 14.3 Å². The van der Waals surface area contributed by atoms with Crippen molar-refractivity contribution in [3.05, 3.63) is 0 Å². The Hall–Kier alpha value is -1.10. The predicted octanol–water partition coefficient (Wildman–Crippen LogP) is 1.81. The van der Waals surface area contributed by atoms with Gasteiger partial charge in [0.05, 0.1) is 19.7 Å². The first kappa shape index (κ1) is 15.4. The highest BCUT2D eigenvalue weighted by Gasteiger charge is 2.50. The molecule has 0 aromatic carbocycles. The summed E-state index contributed by atoms with van der Waals surface area (Å²) in [5, 5.41) is 0. The van der Waals surface area contributed by atoms with Gasteiger partial charge in [0.25, 0.3) is 0 Å². The number of piperidine rings is 1. The summed E-state index contributed by atoms with van der Waals surface area (Å²) in [6, 6.07) is 0. The second-order valence-electron chi connectivity index (χ2n) is 8.02. The van der Waals surface area contributed by atoms with Gasteiger partial charge >= 0.3 is 0 Å². The molecule has 5 heteroatoms. The molecule has 1 saturated carbocycles. The highest BCUT2D eigenvalue weighted by Crippen LogP contribution is 2.39. The van der Waals surface area contributed by atoms with E-state index in [1.165, 1.54) is 6.42 Å². The molecule has 4 fully saturated rings. The molecule has 4 aliphatic rings. The van der Waals surface area contributed by atoms with Crippen molar-refractivity contribution in [1.82, 2.24) is 9.80 Å². The molecule has 0 aromatic heterocycles. The smallest absolute Gasteiger partial charge is 0.225 e. The summed E-state index contributed by atoms with van der Waals surface area (Å²) in [7, 11) is 0. The fraction of sp³-hybridized carbons (Fsp3) is 0.889. The van der Waals surface area contributed by atoms with Crippen molar-refractivity contribution in [2.45, 2.75) is 57.0 Å². The van der Waals surface area contributed by atoms with Gasteiger partial charge in [-0.15, -0.1) is 0 Å². The topological polar surface area (TPSA) is 49.9 Å². The molecule has 0 aromatic rings. The second kappa shape index (κ2) is 6.08. The Labute approximate surface area is 138 Å². The second-order valence-corrected chi connectivity index (χ2v) is 8.02. The van der Waals surface area contributed by atoms with Crippen LogP contribution in [0.4, 0.5) is 0 Å². The molecule has 4 rings (SSSR count). The van der Waals surface area contributed by atoms with Gasteiger partial charge in [-0.25, -0.2) is 0 Å². The van der Waals surface area contributed by atoms with Gasteiger partial charge in [0.2, 0.25) is 11.8 Å². The average Bonchev–Trinajstić information content (AvgIpc) is 2.46. The fourth-order valence-electron chi connectivity index (χ4n) is 4.40. The van der Waals surface area contributed by atoms with Crippen molar-refractivity contribution in [3.63, 3.8) is 0 Å². The number of nitrogens with zero attached hydrogens (tertiary/aromatic N) is 2. The molecule has 0 radical (unpaired) electrons. The normalized spacial score (nSPS) is 31.0. The maximum atomic E-state index is 12.2. The number of carbonyl (C=O) groups excluding carboxylic acids is 2. The van der Waals surface area contributed by atoms with E-state index < -0.39 is 0 Å². The molecule has 1 aliphatic carbocycles. The summed E-state index contributed by atoms with van der Waals surface area (Å²) in [6.07, 6.45) is 8.43. The standard InChI is InChI=1S/C18H28N2O3/c21-16-6-1-2-9-19(16)10-14-7-8-18(23-11-14)12-20(13-18)17(22)15-4-3-5-15/h14-15H,1-13H2/t14-/m1/s1. The molecule has 3 aliphatic heterocycles. The first-order valence-electron chi connectivity index (χ1n) is 9.36. The summed E-state index contributed by atoms with van der Waals surface area (Å²) in [5.41, 5.74) is -0.0676. The van der Waals surface area contributed by atoms with Gasteiger partial charge in [-0.05, 0) is 38.5 Å². The van der Waals surface area contributed by atoms with Gasteiger partial charge in [-0.3, -0.25) is 9.59 Å². The number of amides is 2. The fourth-order valence-corrected chi connectivity index (χ4v) is 4.40. The van der Waals surface area contributed by atoms with E-state index in [1.807, 2.05) is 9.80 Å². The van der Waals surface area contributed by atoms with E-state index in [2.05, 4.69) is 0 Å². The predicted molar refractivity (Wildman–Crippen MR) is 85.8 cm³/mol. The SMILES string of the molecule is O=C1CCCCN1C[C@H]1CCC2(CN(C(=O)C3CCC3)C2)OC1. The minimum atomic E-state index is -0.0676. The minimum absolute atomic E-state index is 0.0676. The largest absolute Gasteiger partial charge is 0.371 e. The Morgan fingerprint density at radius 1 is 1.17 bits per heavy atom. The maximum absolute atomic E-state index is 12.2. The molecule has 2 amide bonds. The first-order chi connectivity index (χ1) is 11.2. The van der Waals surface area contributed by atoms with Crippen LogP contribution in [0.1, 0.15) is 51.4 Å². The Kier molecular flexibility index (Phi) is 4.08. The summed E-state index contributed by atoms with van der Waals surface area (Å²) >= 11 is 0. The monoisotopic (exact) mass is 320 g/mol. The molecule has 0 unspecified atom stereocenters. The average molecular weight is 320 g/mol. The maximum Gasteiger partial charge on any atom is 0.225 e. The number of ether oxygens (including phenoxy) is 1. The Morgan fingerprint density at radius 2 is 2.00 bits per heavy atom. The lowest BCUT2D eigenvalue weighted by molar-refractivity contribution is -0.194. The molecular formula is C18H28N2O3. The van der Waals surface area contributed by atoms with Crippen LogP contribution < -0.4 is 0 Å². The summed E-state index contributed by atoms with van der Waals surface area (Å²) in [6.45, 7) is 4.11. The highest BCUT2D eigenvalue weighted by molar-refractivity contribution is 5.80. The van der Waals surface area contributed by atoms with Crippen LogP contribution in [-0.4, -0.2) is 60.0 Å². The molecule has 3 saturated heterocycles. The quantitative estimate of drug-likeness (QED) is 0.797. The number of rotatable bonds is 3. The van der Waals surface area contributed by atoms with Crippen molar-refractivity contribution in [1.29, 1.82) is 0 Å². The van der Waals surface area contributed by atoms with E-state index in [0.29, 0.717) is 23.7 Å². The van der Waals surface area contributed by atoms with Crippen LogP contribution in [0.3, 0.4) is 0 Å². The van der Waals surface area contributed by atoms with E-state index in [0.717, 1.165) is 77.7 Å². The zero-order chi connectivity index (χ0) is 15.9. The lowest BCUT2D eigenvalue weighted by atomic mass is 9.79. The van der Waals surface area contributed by atoms with E-state index in [9.17, 15) is 9.59 Å². The minimum Gasteiger partial charge on any atom is -0.371 e.